The molecule has 0 fully saturated rings. The molecule has 0 N–H and O–H groups in total. The predicted octanol–water partition coefficient (Wildman–Crippen LogP) is 9.12. The highest BCUT2D eigenvalue weighted by Crippen LogP contribution is 2.36. The Morgan fingerprint density at radius 2 is 1.10 bits per heavy atom. The topological polar surface area (TPSA) is 43.6 Å². The van der Waals surface area contributed by atoms with Crippen LogP contribution in [0.2, 0.25) is 0 Å². The summed E-state index contributed by atoms with van der Waals surface area (Å²) in [5, 5.41) is 4.71. The molecule has 8 rings (SSSR count). The molecule has 0 spiro atoms. The van der Waals surface area contributed by atoms with Crippen molar-refractivity contribution in [1.82, 2.24) is 19.5 Å². The number of benzene rings is 6. The second-order valence-electron chi connectivity index (χ2n) is 10.2. The third-order valence-corrected chi connectivity index (χ3v) is 7.76. The predicted molar refractivity (Wildman–Crippen MR) is 168 cm³/mol. The van der Waals surface area contributed by atoms with Crippen LogP contribution in [0.4, 0.5) is 0 Å². The third kappa shape index (κ3) is 3.97. The lowest BCUT2D eigenvalue weighted by molar-refractivity contribution is 0.948. The zero-order valence-electron chi connectivity index (χ0n) is 22.1. The zero-order valence-corrected chi connectivity index (χ0v) is 22.1. The van der Waals surface area contributed by atoms with Crippen LogP contribution in [0, 0.1) is 0 Å². The van der Waals surface area contributed by atoms with Gasteiger partial charge in [0, 0.05) is 21.7 Å². The van der Waals surface area contributed by atoms with Crippen molar-refractivity contribution >= 4 is 32.6 Å². The molecule has 0 amide bonds. The minimum atomic E-state index is 0.607. The SMILES string of the molecule is c1ccc(-c2ccc(-c3cccc(-c4ncnc(-n5c6ccccc6c6ccc7ccccc7c65)n4)c3)cc2)cc1. The van der Waals surface area contributed by atoms with Crippen LogP contribution in [0.15, 0.2) is 146 Å². The Balaban J connectivity index is 1.24. The van der Waals surface area contributed by atoms with E-state index >= 15 is 0 Å². The summed E-state index contributed by atoms with van der Waals surface area (Å²) < 4.78 is 2.17. The maximum absolute atomic E-state index is 5.02. The maximum Gasteiger partial charge on any atom is 0.238 e. The lowest BCUT2D eigenvalue weighted by Crippen LogP contribution is -2.03. The molecule has 0 bridgehead atoms. The fourth-order valence-corrected chi connectivity index (χ4v) is 5.80. The summed E-state index contributed by atoms with van der Waals surface area (Å²) in [5.74, 6) is 1.25. The Morgan fingerprint density at radius 1 is 0.439 bits per heavy atom. The highest BCUT2D eigenvalue weighted by molar-refractivity contribution is 6.18. The van der Waals surface area contributed by atoms with Gasteiger partial charge in [0.1, 0.15) is 6.33 Å². The van der Waals surface area contributed by atoms with E-state index < -0.39 is 0 Å². The molecule has 0 saturated heterocycles. The molecular weight excluding hydrogens is 500 g/mol. The smallest absolute Gasteiger partial charge is 0.238 e. The molecule has 0 aliphatic rings. The van der Waals surface area contributed by atoms with Crippen molar-refractivity contribution in [2.24, 2.45) is 0 Å². The fourth-order valence-electron chi connectivity index (χ4n) is 5.80. The van der Waals surface area contributed by atoms with E-state index in [4.69, 9.17) is 4.98 Å². The average Bonchev–Trinajstić information content (AvgIpc) is 3.40. The van der Waals surface area contributed by atoms with E-state index in [0.717, 1.165) is 27.7 Å². The van der Waals surface area contributed by atoms with E-state index in [9.17, 15) is 0 Å². The molecule has 4 nitrogen and oxygen atoms in total. The Labute approximate surface area is 237 Å². The van der Waals surface area contributed by atoms with Crippen LogP contribution in [0.1, 0.15) is 0 Å². The summed E-state index contributed by atoms with van der Waals surface area (Å²) in [6.07, 6.45) is 1.62. The van der Waals surface area contributed by atoms with Crippen LogP contribution in [0.5, 0.6) is 0 Å². The monoisotopic (exact) mass is 524 g/mol. The fraction of sp³-hybridized carbons (Fsp3) is 0. The summed E-state index contributed by atoms with van der Waals surface area (Å²) in [6.45, 7) is 0. The van der Waals surface area contributed by atoms with Crippen molar-refractivity contribution < 1.29 is 0 Å². The van der Waals surface area contributed by atoms with Crippen LogP contribution in [-0.4, -0.2) is 19.5 Å². The van der Waals surface area contributed by atoms with Crippen molar-refractivity contribution in [3.63, 3.8) is 0 Å². The lowest BCUT2D eigenvalue weighted by Gasteiger charge is -2.10. The van der Waals surface area contributed by atoms with Gasteiger partial charge in [-0.15, -0.1) is 0 Å². The molecule has 8 aromatic rings. The first-order chi connectivity index (χ1) is 20.3. The summed E-state index contributed by atoms with van der Waals surface area (Å²) in [7, 11) is 0. The lowest BCUT2D eigenvalue weighted by atomic mass is 9.99. The molecule has 0 atom stereocenters. The van der Waals surface area contributed by atoms with Crippen molar-refractivity contribution in [2.45, 2.75) is 0 Å². The van der Waals surface area contributed by atoms with Gasteiger partial charge in [0.15, 0.2) is 5.82 Å². The van der Waals surface area contributed by atoms with Crippen molar-refractivity contribution in [1.29, 1.82) is 0 Å². The maximum atomic E-state index is 5.02. The molecule has 0 aliphatic carbocycles. The van der Waals surface area contributed by atoms with Gasteiger partial charge in [-0.1, -0.05) is 127 Å². The van der Waals surface area contributed by atoms with Crippen molar-refractivity contribution in [2.75, 3.05) is 0 Å². The van der Waals surface area contributed by atoms with E-state index in [-0.39, 0.29) is 0 Å². The molecule has 6 aromatic carbocycles. The van der Waals surface area contributed by atoms with Gasteiger partial charge >= 0.3 is 0 Å². The minimum absolute atomic E-state index is 0.607. The summed E-state index contributed by atoms with van der Waals surface area (Å²) in [4.78, 5) is 14.3. The van der Waals surface area contributed by atoms with E-state index in [0.29, 0.717) is 11.8 Å². The Morgan fingerprint density at radius 3 is 1.95 bits per heavy atom. The first-order valence-electron chi connectivity index (χ1n) is 13.7. The van der Waals surface area contributed by atoms with Gasteiger partial charge in [-0.05, 0) is 39.8 Å². The molecule has 192 valence electrons. The second-order valence-corrected chi connectivity index (χ2v) is 10.2. The highest BCUT2D eigenvalue weighted by atomic mass is 15.2. The average molecular weight is 525 g/mol. The van der Waals surface area contributed by atoms with Gasteiger partial charge in [0.05, 0.1) is 11.0 Å². The van der Waals surface area contributed by atoms with Crippen LogP contribution < -0.4 is 0 Å². The number of para-hydroxylation sites is 1. The molecule has 2 aromatic heterocycles. The van der Waals surface area contributed by atoms with Crippen LogP contribution in [-0.2, 0) is 0 Å². The molecule has 41 heavy (non-hydrogen) atoms. The first kappa shape index (κ1) is 23.3. The van der Waals surface area contributed by atoms with Gasteiger partial charge in [-0.25, -0.2) is 9.97 Å². The molecule has 0 radical (unpaired) electrons. The van der Waals surface area contributed by atoms with Crippen LogP contribution in [0.3, 0.4) is 0 Å². The van der Waals surface area contributed by atoms with Gasteiger partial charge in [-0.2, -0.15) is 4.98 Å². The molecule has 0 saturated carbocycles. The molecule has 0 aliphatic heterocycles. The molecule has 2 heterocycles. The van der Waals surface area contributed by atoms with E-state index in [1.807, 2.05) is 6.07 Å². The van der Waals surface area contributed by atoms with Crippen molar-refractivity contribution in [3.8, 4) is 39.6 Å². The molecular formula is C37H24N4. The number of hydrogen-bond acceptors (Lipinski definition) is 3. The highest BCUT2D eigenvalue weighted by Gasteiger charge is 2.17. The molecule has 4 heteroatoms. The number of nitrogens with zero attached hydrogens (tertiary/aromatic N) is 4. The second kappa shape index (κ2) is 9.54. The van der Waals surface area contributed by atoms with E-state index in [2.05, 4.69) is 148 Å². The summed E-state index contributed by atoms with van der Waals surface area (Å²) in [6, 6.07) is 48.8. The standard InChI is InChI=1S/C37H24N4/c1-2-9-25(10-3-1)26-17-19-27(20-18-26)29-12-8-13-30(23-29)36-38-24-39-37(40-36)41-34-16-7-6-15-32(34)33-22-21-28-11-4-5-14-31(28)35(33)41/h1-24H. The summed E-state index contributed by atoms with van der Waals surface area (Å²) >= 11 is 0. The van der Waals surface area contributed by atoms with Gasteiger partial charge < -0.3 is 0 Å². The number of hydrogen-bond donors (Lipinski definition) is 0. The van der Waals surface area contributed by atoms with Gasteiger partial charge in [0.2, 0.25) is 5.95 Å². The quantitative estimate of drug-likeness (QED) is 0.231. The largest absolute Gasteiger partial charge is 0.277 e. The van der Waals surface area contributed by atoms with Gasteiger partial charge in [0.25, 0.3) is 0 Å². The number of aromatic nitrogens is 4. The Kier molecular flexibility index (Phi) is 5.42. The van der Waals surface area contributed by atoms with E-state index in [1.165, 1.54) is 32.7 Å². The van der Waals surface area contributed by atoms with Crippen LogP contribution in [0.25, 0.3) is 72.2 Å². The van der Waals surface area contributed by atoms with Gasteiger partial charge in [-0.3, -0.25) is 4.57 Å². The first-order valence-corrected chi connectivity index (χ1v) is 13.7. The zero-order chi connectivity index (χ0) is 27.2. The third-order valence-electron chi connectivity index (χ3n) is 7.76. The van der Waals surface area contributed by atoms with E-state index in [1.54, 1.807) is 6.33 Å². The van der Waals surface area contributed by atoms with Crippen LogP contribution >= 0.6 is 0 Å². The minimum Gasteiger partial charge on any atom is -0.277 e. The van der Waals surface area contributed by atoms with Crippen molar-refractivity contribution in [3.05, 3.63) is 146 Å². The number of rotatable bonds is 4. The summed E-state index contributed by atoms with van der Waals surface area (Å²) in [5.41, 5.74) is 7.80. The Hall–Kier alpha value is -5.61. The normalized spacial score (nSPS) is 11.4. The Bertz CT molecular complexity index is 2200. The molecule has 0 unspecified atom stereocenters. The number of fused-ring (bicyclic) bond motifs is 5.